The predicted octanol–water partition coefficient (Wildman–Crippen LogP) is 3.42. The molecular weight excluding hydrogens is 449 g/mol. The van der Waals surface area contributed by atoms with E-state index in [4.69, 9.17) is 9.47 Å². The van der Waals surface area contributed by atoms with E-state index < -0.39 is 17.8 Å². The zero-order valence-electron chi connectivity index (χ0n) is 18.9. The molecule has 0 bridgehead atoms. The van der Waals surface area contributed by atoms with Crippen LogP contribution in [-0.2, 0) is 15.7 Å². The van der Waals surface area contributed by atoms with E-state index in [2.05, 4.69) is 14.9 Å². The van der Waals surface area contributed by atoms with Crippen molar-refractivity contribution in [3.63, 3.8) is 0 Å². The van der Waals surface area contributed by atoms with Crippen molar-refractivity contribution in [1.82, 2.24) is 19.8 Å². The van der Waals surface area contributed by atoms with Crippen LogP contribution >= 0.6 is 0 Å². The van der Waals surface area contributed by atoms with E-state index in [1.165, 1.54) is 32.1 Å². The largest absolute Gasteiger partial charge is 0.472 e. The number of amides is 1. The summed E-state index contributed by atoms with van der Waals surface area (Å²) in [5, 5.41) is 0. The van der Waals surface area contributed by atoms with Gasteiger partial charge in [-0.25, -0.2) is 4.98 Å². The van der Waals surface area contributed by atoms with Gasteiger partial charge in [-0.05, 0) is 30.5 Å². The maximum absolute atomic E-state index is 13.2. The number of piperazine rings is 1. The first-order valence-corrected chi connectivity index (χ1v) is 11.5. The summed E-state index contributed by atoms with van der Waals surface area (Å²) >= 11 is 0. The van der Waals surface area contributed by atoms with Gasteiger partial charge < -0.3 is 14.4 Å². The molecule has 3 heterocycles. The predicted molar refractivity (Wildman–Crippen MR) is 116 cm³/mol. The first-order valence-electron chi connectivity index (χ1n) is 11.5. The van der Waals surface area contributed by atoms with E-state index in [-0.39, 0.29) is 23.6 Å². The molecule has 1 saturated carbocycles. The molecule has 0 N–H and O–H groups in total. The van der Waals surface area contributed by atoms with Crippen LogP contribution in [0.2, 0.25) is 0 Å². The fourth-order valence-electron chi connectivity index (χ4n) is 4.85. The molecule has 0 unspecified atom stereocenters. The second kappa shape index (κ2) is 9.14. The molecule has 3 atom stereocenters. The lowest BCUT2D eigenvalue weighted by molar-refractivity contribution is -0.145. The zero-order chi connectivity index (χ0) is 23.9. The molecule has 7 nitrogen and oxygen atoms in total. The van der Waals surface area contributed by atoms with Crippen LogP contribution in [0.4, 0.5) is 13.2 Å². The van der Waals surface area contributed by atoms with E-state index in [1.807, 2.05) is 0 Å². The molecule has 2 aliphatic heterocycles. The fourth-order valence-corrected chi connectivity index (χ4v) is 4.85. The number of aromatic nitrogens is 2. The molecule has 0 radical (unpaired) electrons. The van der Waals surface area contributed by atoms with Crippen LogP contribution in [0.5, 0.6) is 5.88 Å². The maximum Gasteiger partial charge on any atom is 0.416 e. The van der Waals surface area contributed by atoms with E-state index in [0.717, 1.165) is 30.8 Å². The Labute approximate surface area is 195 Å². The number of benzene rings is 1. The lowest BCUT2D eigenvalue weighted by Gasteiger charge is -2.38. The summed E-state index contributed by atoms with van der Waals surface area (Å²) in [6.07, 6.45) is 0.919. The quantitative estimate of drug-likeness (QED) is 0.637. The van der Waals surface area contributed by atoms with Gasteiger partial charge in [0.2, 0.25) is 5.88 Å². The van der Waals surface area contributed by atoms with Gasteiger partial charge in [-0.15, -0.1) is 0 Å². The maximum atomic E-state index is 13.2. The molecule has 5 rings (SSSR count). The third-order valence-electron chi connectivity index (χ3n) is 6.80. The van der Waals surface area contributed by atoms with E-state index >= 15 is 0 Å². The third kappa shape index (κ3) is 4.88. The van der Waals surface area contributed by atoms with Crippen LogP contribution in [0, 0.1) is 0 Å². The smallest absolute Gasteiger partial charge is 0.416 e. The Morgan fingerprint density at radius 1 is 1.15 bits per heavy atom. The van der Waals surface area contributed by atoms with Crippen LogP contribution in [0.15, 0.2) is 36.7 Å². The summed E-state index contributed by atoms with van der Waals surface area (Å²) in [5.41, 5.74) is 0.415. The molecule has 2 aromatic rings. The van der Waals surface area contributed by atoms with E-state index in [1.54, 1.807) is 17.3 Å². The van der Waals surface area contributed by atoms with Gasteiger partial charge in [-0.2, -0.15) is 13.2 Å². The second-order valence-corrected chi connectivity index (χ2v) is 9.20. The number of hydrogen-bond acceptors (Lipinski definition) is 6. The van der Waals surface area contributed by atoms with Crippen LogP contribution in [0.3, 0.4) is 0 Å². The van der Waals surface area contributed by atoms with Crippen molar-refractivity contribution in [2.75, 3.05) is 33.3 Å². The number of halogens is 3. The minimum atomic E-state index is -4.48. The Balaban J connectivity index is 1.21. The number of carbonyl (C=O) groups is 1. The van der Waals surface area contributed by atoms with Crippen molar-refractivity contribution < 1.29 is 27.4 Å². The van der Waals surface area contributed by atoms with Crippen LogP contribution in [0.25, 0.3) is 0 Å². The van der Waals surface area contributed by atoms with Crippen LogP contribution < -0.4 is 4.74 Å². The lowest BCUT2D eigenvalue weighted by Crippen LogP contribution is -2.53. The first-order chi connectivity index (χ1) is 16.3. The number of rotatable bonds is 6. The van der Waals surface area contributed by atoms with Crippen molar-refractivity contribution in [2.45, 2.75) is 49.6 Å². The molecule has 182 valence electrons. The average molecular weight is 476 g/mol. The van der Waals surface area contributed by atoms with Gasteiger partial charge in [0, 0.05) is 51.7 Å². The standard InChI is InChI=1S/C24H27F3N4O3/c1-33-22(16-3-2-4-17(9-16)24(25,26)27)23(32)31-8-7-30-14-19(10-18(30)13-31)34-21-12-28-20(11-29-21)15-5-6-15/h2-4,9,11-12,15,18-19,22H,5-8,10,13-14H2,1H3/t18-,19+,22-/m0/s1. The van der Waals surface area contributed by atoms with Crippen LogP contribution in [-0.4, -0.2) is 71.1 Å². The van der Waals surface area contributed by atoms with Gasteiger partial charge >= 0.3 is 6.18 Å². The second-order valence-electron chi connectivity index (χ2n) is 9.20. The van der Waals surface area contributed by atoms with Crippen molar-refractivity contribution in [3.8, 4) is 5.88 Å². The van der Waals surface area contributed by atoms with Crippen LogP contribution in [0.1, 0.15) is 48.1 Å². The highest BCUT2D eigenvalue weighted by atomic mass is 19.4. The highest BCUT2D eigenvalue weighted by molar-refractivity contribution is 5.82. The number of fused-ring (bicyclic) bond motifs is 1. The van der Waals surface area contributed by atoms with Gasteiger partial charge in [-0.1, -0.05) is 12.1 Å². The molecule has 1 aromatic heterocycles. The summed E-state index contributed by atoms with van der Waals surface area (Å²) in [6, 6.07) is 4.88. The minimum Gasteiger partial charge on any atom is -0.472 e. The Kier molecular flexibility index (Phi) is 6.20. The zero-order valence-corrected chi connectivity index (χ0v) is 18.9. The average Bonchev–Trinajstić information content (AvgIpc) is 3.59. The van der Waals surface area contributed by atoms with Gasteiger partial charge in [0.15, 0.2) is 6.10 Å². The Hall–Kier alpha value is -2.72. The fraction of sp³-hybridized carbons (Fsp3) is 0.542. The number of alkyl halides is 3. The van der Waals surface area contributed by atoms with Crippen molar-refractivity contribution in [1.29, 1.82) is 0 Å². The normalized spacial score (nSPS) is 24.1. The molecule has 2 saturated heterocycles. The summed E-state index contributed by atoms with van der Waals surface area (Å²) in [4.78, 5) is 26.0. The summed E-state index contributed by atoms with van der Waals surface area (Å²) in [5.74, 6) is 0.718. The lowest BCUT2D eigenvalue weighted by atomic mass is 10.0. The van der Waals surface area contributed by atoms with Gasteiger partial charge in [0.05, 0.1) is 23.7 Å². The monoisotopic (exact) mass is 476 g/mol. The molecule has 34 heavy (non-hydrogen) atoms. The molecular formula is C24H27F3N4O3. The number of nitrogens with zero attached hydrogens (tertiary/aromatic N) is 4. The Morgan fingerprint density at radius 3 is 2.65 bits per heavy atom. The molecule has 0 spiro atoms. The van der Waals surface area contributed by atoms with Gasteiger partial charge in [0.1, 0.15) is 6.10 Å². The van der Waals surface area contributed by atoms with Crippen molar-refractivity contribution >= 4 is 5.91 Å². The number of hydrogen-bond donors (Lipinski definition) is 0. The van der Waals surface area contributed by atoms with E-state index in [9.17, 15) is 18.0 Å². The first kappa shape index (κ1) is 23.0. The summed E-state index contributed by atoms with van der Waals surface area (Å²) in [7, 11) is 1.34. The van der Waals surface area contributed by atoms with Crippen molar-refractivity contribution in [3.05, 3.63) is 53.5 Å². The third-order valence-corrected chi connectivity index (χ3v) is 6.80. The number of ether oxygens (including phenoxy) is 2. The van der Waals surface area contributed by atoms with E-state index in [0.29, 0.717) is 31.4 Å². The number of carbonyl (C=O) groups excluding carboxylic acids is 1. The topological polar surface area (TPSA) is 67.8 Å². The molecule has 10 heteroatoms. The minimum absolute atomic E-state index is 0.0529. The molecule has 1 aromatic carbocycles. The Bertz CT molecular complexity index is 1030. The summed E-state index contributed by atoms with van der Waals surface area (Å²) in [6.45, 7) is 2.36. The molecule has 3 fully saturated rings. The SMILES string of the molecule is CO[C@H](C(=O)N1CCN2C[C@H](Oc3cnc(C4CC4)cn3)C[C@H]2C1)c1cccc(C(F)(F)F)c1. The Morgan fingerprint density at radius 2 is 1.97 bits per heavy atom. The summed E-state index contributed by atoms with van der Waals surface area (Å²) < 4.78 is 50.8. The number of methoxy groups -OCH3 is 1. The highest BCUT2D eigenvalue weighted by Gasteiger charge is 2.40. The van der Waals surface area contributed by atoms with Crippen molar-refractivity contribution in [2.24, 2.45) is 0 Å². The van der Waals surface area contributed by atoms with Gasteiger partial charge in [-0.3, -0.25) is 14.7 Å². The highest BCUT2D eigenvalue weighted by Crippen LogP contribution is 2.39. The van der Waals surface area contributed by atoms with Gasteiger partial charge in [0.25, 0.3) is 5.91 Å². The molecule has 3 aliphatic rings. The molecule has 1 aliphatic carbocycles. The molecule has 1 amide bonds.